The highest BCUT2D eigenvalue weighted by atomic mass is 19.4. The van der Waals surface area contributed by atoms with E-state index in [1.165, 1.54) is 18.3 Å². The van der Waals surface area contributed by atoms with Crippen molar-refractivity contribution in [1.29, 1.82) is 0 Å². The second-order valence-corrected chi connectivity index (χ2v) is 5.92. The first-order valence-electron chi connectivity index (χ1n) is 7.98. The lowest BCUT2D eigenvalue weighted by molar-refractivity contribution is -0.153. The summed E-state index contributed by atoms with van der Waals surface area (Å²) in [5.74, 6) is -1.60. The number of aromatic nitrogens is 1. The normalized spacial score (nSPS) is 12.6. The smallest absolute Gasteiger partial charge is 0.422 e. The number of halogens is 3. The fraction of sp³-hybridized carbons (Fsp3) is 0.562. The first kappa shape index (κ1) is 21.7. The number of hydrogen-bond donors (Lipinski definition) is 3. The van der Waals surface area contributed by atoms with Crippen LogP contribution in [-0.4, -0.2) is 53.9 Å². The first-order chi connectivity index (χ1) is 12.1. The quantitative estimate of drug-likeness (QED) is 0.602. The predicted molar refractivity (Wildman–Crippen MR) is 86.6 cm³/mol. The van der Waals surface area contributed by atoms with Crippen LogP contribution in [0.4, 0.5) is 13.2 Å². The maximum absolute atomic E-state index is 12.4. The van der Waals surface area contributed by atoms with Crippen LogP contribution < -0.4 is 15.4 Å². The van der Waals surface area contributed by atoms with Gasteiger partial charge in [0, 0.05) is 12.7 Å². The van der Waals surface area contributed by atoms with E-state index in [-0.39, 0.29) is 30.5 Å². The van der Waals surface area contributed by atoms with E-state index < -0.39 is 30.6 Å². The SMILES string of the molecule is CC(C)C[C@H](NC(=O)c1ncccc1OCC(F)(F)F)C(=O)NCCO. The highest BCUT2D eigenvalue weighted by Gasteiger charge is 2.30. The van der Waals surface area contributed by atoms with Gasteiger partial charge in [-0.1, -0.05) is 13.8 Å². The molecule has 1 heterocycles. The minimum absolute atomic E-state index is 0.0207. The number of aliphatic hydroxyl groups is 1. The Kier molecular flexibility index (Phi) is 8.30. The molecule has 1 atom stereocenters. The van der Waals surface area contributed by atoms with Crippen LogP contribution in [0.2, 0.25) is 0 Å². The average molecular weight is 377 g/mol. The fourth-order valence-corrected chi connectivity index (χ4v) is 2.07. The molecule has 10 heteroatoms. The monoisotopic (exact) mass is 377 g/mol. The van der Waals surface area contributed by atoms with Gasteiger partial charge < -0.3 is 20.5 Å². The van der Waals surface area contributed by atoms with Gasteiger partial charge in [0.15, 0.2) is 18.1 Å². The van der Waals surface area contributed by atoms with Gasteiger partial charge in [-0.2, -0.15) is 13.2 Å². The summed E-state index contributed by atoms with van der Waals surface area (Å²) < 4.78 is 41.6. The van der Waals surface area contributed by atoms with Crippen LogP contribution in [0, 0.1) is 5.92 Å². The van der Waals surface area contributed by atoms with Crippen molar-refractivity contribution in [2.24, 2.45) is 5.92 Å². The van der Waals surface area contributed by atoms with Gasteiger partial charge in [0.1, 0.15) is 6.04 Å². The standard InChI is InChI=1S/C16H22F3N3O4/c1-10(2)8-11(14(24)21-6-7-23)22-15(25)13-12(4-3-5-20-13)26-9-16(17,18)19/h3-5,10-11,23H,6-9H2,1-2H3,(H,21,24)(H,22,25)/t11-/m0/s1. The van der Waals surface area contributed by atoms with Crippen LogP contribution in [0.15, 0.2) is 18.3 Å². The molecule has 1 rings (SSSR count). The summed E-state index contributed by atoms with van der Waals surface area (Å²) in [4.78, 5) is 28.3. The van der Waals surface area contributed by atoms with E-state index in [9.17, 15) is 22.8 Å². The molecular weight excluding hydrogens is 355 g/mol. The number of pyridine rings is 1. The van der Waals surface area contributed by atoms with E-state index in [4.69, 9.17) is 5.11 Å². The maximum Gasteiger partial charge on any atom is 0.422 e. The van der Waals surface area contributed by atoms with Crippen molar-refractivity contribution in [1.82, 2.24) is 15.6 Å². The summed E-state index contributed by atoms with van der Waals surface area (Å²) in [5.41, 5.74) is -0.347. The zero-order chi connectivity index (χ0) is 19.7. The molecule has 146 valence electrons. The van der Waals surface area contributed by atoms with E-state index in [2.05, 4.69) is 20.4 Å². The van der Waals surface area contributed by atoms with Crippen LogP contribution in [0.25, 0.3) is 0 Å². The molecule has 0 spiro atoms. The van der Waals surface area contributed by atoms with Gasteiger partial charge in [-0.15, -0.1) is 0 Å². The van der Waals surface area contributed by atoms with Crippen molar-refractivity contribution in [3.05, 3.63) is 24.0 Å². The fourth-order valence-electron chi connectivity index (χ4n) is 2.07. The van der Waals surface area contributed by atoms with Gasteiger partial charge in [0.25, 0.3) is 5.91 Å². The molecule has 0 aliphatic heterocycles. The Morgan fingerprint density at radius 3 is 2.62 bits per heavy atom. The van der Waals surface area contributed by atoms with Crippen molar-refractivity contribution >= 4 is 11.8 Å². The van der Waals surface area contributed by atoms with Gasteiger partial charge in [0.05, 0.1) is 6.61 Å². The Morgan fingerprint density at radius 1 is 1.35 bits per heavy atom. The molecule has 0 radical (unpaired) electrons. The second-order valence-electron chi connectivity index (χ2n) is 5.92. The number of carbonyl (C=O) groups is 2. The number of hydrogen-bond acceptors (Lipinski definition) is 5. The van der Waals surface area contributed by atoms with Crippen LogP contribution in [0.1, 0.15) is 30.8 Å². The molecule has 0 aliphatic carbocycles. The first-order valence-corrected chi connectivity index (χ1v) is 7.98. The van der Waals surface area contributed by atoms with Crippen molar-refractivity contribution in [2.75, 3.05) is 19.8 Å². The number of carbonyl (C=O) groups excluding carboxylic acids is 2. The van der Waals surface area contributed by atoms with Gasteiger partial charge in [0.2, 0.25) is 5.91 Å². The Morgan fingerprint density at radius 2 is 2.04 bits per heavy atom. The van der Waals surface area contributed by atoms with E-state index >= 15 is 0 Å². The molecule has 2 amide bonds. The summed E-state index contributed by atoms with van der Waals surface area (Å²) >= 11 is 0. The molecule has 0 aromatic carbocycles. The molecular formula is C16H22F3N3O4. The lowest BCUT2D eigenvalue weighted by atomic mass is 10.0. The molecule has 0 saturated heterocycles. The van der Waals surface area contributed by atoms with Gasteiger partial charge in [-0.05, 0) is 24.5 Å². The topological polar surface area (TPSA) is 101 Å². The second kappa shape index (κ2) is 9.95. The van der Waals surface area contributed by atoms with Gasteiger partial charge in [-0.25, -0.2) is 4.98 Å². The van der Waals surface area contributed by atoms with E-state index in [1.54, 1.807) is 0 Å². The number of rotatable bonds is 9. The number of ether oxygens (including phenoxy) is 1. The van der Waals surface area contributed by atoms with Gasteiger partial charge >= 0.3 is 6.18 Å². The molecule has 0 bridgehead atoms. The van der Waals surface area contributed by atoms with Crippen molar-refractivity contribution in [3.8, 4) is 5.75 Å². The van der Waals surface area contributed by atoms with E-state index in [1.807, 2.05) is 13.8 Å². The summed E-state index contributed by atoms with van der Waals surface area (Å²) in [6, 6.07) is 1.60. The molecule has 26 heavy (non-hydrogen) atoms. The van der Waals surface area contributed by atoms with Crippen molar-refractivity contribution in [2.45, 2.75) is 32.5 Å². The Labute approximate surface area is 148 Å². The zero-order valence-electron chi connectivity index (χ0n) is 14.5. The molecule has 1 aromatic rings. The number of nitrogens with one attached hydrogen (secondary N) is 2. The zero-order valence-corrected chi connectivity index (χ0v) is 14.5. The summed E-state index contributed by atoms with van der Waals surface area (Å²) in [6.07, 6.45) is -3.03. The van der Waals surface area contributed by atoms with Crippen LogP contribution in [-0.2, 0) is 4.79 Å². The maximum atomic E-state index is 12.4. The number of nitrogens with zero attached hydrogens (tertiary/aromatic N) is 1. The molecule has 1 aromatic heterocycles. The van der Waals surface area contributed by atoms with E-state index in [0.717, 1.165) is 0 Å². The lowest BCUT2D eigenvalue weighted by Crippen LogP contribution is -2.48. The molecule has 0 saturated carbocycles. The third kappa shape index (κ3) is 7.68. The third-order valence-electron chi connectivity index (χ3n) is 3.12. The largest absolute Gasteiger partial charge is 0.482 e. The van der Waals surface area contributed by atoms with Gasteiger partial charge in [-0.3, -0.25) is 9.59 Å². The van der Waals surface area contributed by atoms with Crippen LogP contribution in [0.5, 0.6) is 5.75 Å². The highest BCUT2D eigenvalue weighted by molar-refractivity contribution is 5.98. The molecule has 3 N–H and O–H groups in total. The third-order valence-corrected chi connectivity index (χ3v) is 3.12. The molecule has 0 unspecified atom stereocenters. The van der Waals surface area contributed by atoms with Crippen LogP contribution >= 0.6 is 0 Å². The minimum Gasteiger partial charge on any atom is -0.482 e. The summed E-state index contributed by atoms with van der Waals surface area (Å²) in [5, 5.41) is 13.7. The molecule has 7 nitrogen and oxygen atoms in total. The average Bonchev–Trinajstić information content (AvgIpc) is 2.56. The number of amides is 2. The van der Waals surface area contributed by atoms with Crippen molar-refractivity contribution in [3.63, 3.8) is 0 Å². The minimum atomic E-state index is -4.56. The Hall–Kier alpha value is -2.36. The summed E-state index contributed by atoms with van der Waals surface area (Å²) in [6.45, 7) is 1.89. The van der Waals surface area contributed by atoms with E-state index in [0.29, 0.717) is 6.42 Å². The number of aliphatic hydroxyl groups excluding tert-OH is 1. The summed E-state index contributed by atoms with van der Waals surface area (Å²) in [7, 11) is 0. The Balaban J connectivity index is 2.90. The van der Waals surface area contributed by atoms with Crippen molar-refractivity contribution < 1.29 is 32.6 Å². The molecule has 0 aliphatic rings. The molecule has 0 fully saturated rings. The number of alkyl halides is 3. The van der Waals surface area contributed by atoms with Crippen LogP contribution in [0.3, 0.4) is 0 Å². The highest BCUT2D eigenvalue weighted by Crippen LogP contribution is 2.21. The predicted octanol–water partition coefficient (Wildman–Crippen LogP) is 1.28. The lowest BCUT2D eigenvalue weighted by Gasteiger charge is -2.20. The Bertz CT molecular complexity index is 609.